The summed E-state index contributed by atoms with van der Waals surface area (Å²) >= 11 is 2.03. The minimum atomic E-state index is -3.83. The monoisotopic (exact) mass is 500 g/mol. The number of benzene rings is 2. The van der Waals surface area contributed by atoms with Crippen LogP contribution in [-0.2, 0) is 10.0 Å². The molecule has 2 aromatic rings. The number of hydrogen-bond donors (Lipinski definition) is 1. The molecule has 1 fully saturated rings. The van der Waals surface area contributed by atoms with Gasteiger partial charge >= 0.3 is 0 Å². The number of halogens is 1. The molecule has 27 heavy (non-hydrogen) atoms. The Hall–Kier alpha value is -1.81. The molecule has 3 rings (SSSR count). The van der Waals surface area contributed by atoms with Crippen molar-refractivity contribution < 1.29 is 17.9 Å². The molecule has 2 aromatic carbocycles. The number of piperidine rings is 1. The summed E-state index contributed by atoms with van der Waals surface area (Å²) in [5.74, 6) is 0.465. The molecule has 0 radical (unpaired) electrons. The summed E-state index contributed by atoms with van der Waals surface area (Å²) in [5.41, 5.74) is 0.657. The van der Waals surface area contributed by atoms with E-state index in [1.54, 1.807) is 35.2 Å². The number of methoxy groups -OCH3 is 1. The van der Waals surface area contributed by atoms with E-state index in [4.69, 9.17) is 4.74 Å². The molecule has 0 atom stereocenters. The Kier molecular flexibility index (Phi) is 6.25. The third-order valence-corrected chi connectivity index (χ3v) is 6.68. The van der Waals surface area contributed by atoms with Crippen molar-refractivity contribution in [1.82, 2.24) is 4.90 Å². The number of para-hydroxylation sites is 1. The maximum absolute atomic E-state index is 12.9. The van der Waals surface area contributed by atoms with Crippen molar-refractivity contribution in [3.8, 4) is 5.75 Å². The van der Waals surface area contributed by atoms with Gasteiger partial charge in [-0.3, -0.25) is 9.52 Å². The fourth-order valence-corrected chi connectivity index (χ4v) is 5.10. The van der Waals surface area contributed by atoms with Crippen molar-refractivity contribution in [1.29, 1.82) is 0 Å². The van der Waals surface area contributed by atoms with Crippen LogP contribution in [0, 0.1) is 3.57 Å². The Morgan fingerprint density at radius 1 is 1.11 bits per heavy atom. The van der Waals surface area contributed by atoms with E-state index in [0.717, 1.165) is 19.3 Å². The van der Waals surface area contributed by atoms with Gasteiger partial charge in [0.15, 0.2) is 0 Å². The highest BCUT2D eigenvalue weighted by Gasteiger charge is 2.23. The standard InChI is InChI=1S/C19H21IN2O4S/c1-26-18-10-9-14(13-16(18)20)27(24,25)21-17-8-4-3-7-15(17)19(23)22-11-5-2-6-12-22/h3-4,7-10,13,21H,2,5-6,11-12H2,1H3. The molecule has 1 heterocycles. The summed E-state index contributed by atoms with van der Waals surface area (Å²) < 4.78 is 34.1. The molecule has 144 valence electrons. The van der Waals surface area contributed by atoms with Crippen molar-refractivity contribution in [2.45, 2.75) is 24.2 Å². The van der Waals surface area contributed by atoms with Gasteiger partial charge in [-0.25, -0.2) is 8.42 Å². The second-order valence-corrected chi connectivity index (χ2v) is 9.14. The molecule has 0 aromatic heterocycles. The molecule has 0 aliphatic carbocycles. The lowest BCUT2D eigenvalue weighted by Crippen LogP contribution is -2.36. The van der Waals surface area contributed by atoms with Gasteiger partial charge in [-0.2, -0.15) is 0 Å². The Morgan fingerprint density at radius 2 is 1.81 bits per heavy atom. The van der Waals surface area contributed by atoms with Crippen molar-refractivity contribution in [2.24, 2.45) is 0 Å². The van der Waals surface area contributed by atoms with Crippen LogP contribution in [0.4, 0.5) is 5.69 Å². The van der Waals surface area contributed by atoms with Crippen LogP contribution >= 0.6 is 22.6 Å². The average molecular weight is 500 g/mol. The number of sulfonamides is 1. The minimum Gasteiger partial charge on any atom is -0.496 e. The number of carbonyl (C=O) groups excluding carboxylic acids is 1. The van der Waals surface area contributed by atoms with Crippen LogP contribution in [0.25, 0.3) is 0 Å². The van der Waals surface area contributed by atoms with Crippen molar-refractivity contribution in [3.05, 3.63) is 51.6 Å². The molecule has 8 heteroatoms. The van der Waals surface area contributed by atoms with Crippen LogP contribution in [0.1, 0.15) is 29.6 Å². The van der Waals surface area contributed by atoms with E-state index < -0.39 is 10.0 Å². The van der Waals surface area contributed by atoms with Gasteiger partial charge in [-0.1, -0.05) is 12.1 Å². The van der Waals surface area contributed by atoms with Gasteiger partial charge in [0.1, 0.15) is 5.75 Å². The maximum Gasteiger partial charge on any atom is 0.261 e. The molecule has 0 unspecified atom stereocenters. The van der Waals surface area contributed by atoms with Crippen LogP contribution in [0.15, 0.2) is 47.4 Å². The number of nitrogens with zero attached hydrogens (tertiary/aromatic N) is 1. The number of likely N-dealkylation sites (tertiary alicyclic amines) is 1. The molecule has 6 nitrogen and oxygen atoms in total. The molecular weight excluding hydrogens is 479 g/mol. The number of amides is 1. The lowest BCUT2D eigenvalue weighted by atomic mass is 10.1. The minimum absolute atomic E-state index is 0.118. The molecule has 1 aliphatic rings. The highest BCUT2D eigenvalue weighted by molar-refractivity contribution is 14.1. The van der Waals surface area contributed by atoms with E-state index in [2.05, 4.69) is 4.72 Å². The van der Waals surface area contributed by atoms with Gasteiger partial charge in [0.2, 0.25) is 0 Å². The lowest BCUT2D eigenvalue weighted by Gasteiger charge is -2.27. The van der Waals surface area contributed by atoms with Gasteiger partial charge in [-0.15, -0.1) is 0 Å². The summed E-state index contributed by atoms with van der Waals surface area (Å²) in [5, 5.41) is 0. The largest absolute Gasteiger partial charge is 0.496 e. The first-order valence-corrected chi connectivity index (χ1v) is 11.2. The van der Waals surface area contributed by atoms with E-state index in [9.17, 15) is 13.2 Å². The molecule has 0 spiro atoms. The fraction of sp³-hybridized carbons (Fsp3) is 0.316. The van der Waals surface area contributed by atoms with Gasteiger partial charge in [0, 0.05) is 13.1 Å². The van der Waals surface area contributed by atoms with Crippen molar-refractivity contribution >= 4 is 44.2 Å². The van der Waals surface area contributed by atoms with E-state index in [1.807, 2.05) is 22.6 Å². The molecule has 0 bridgehead atoms. The number of nitrogens with one attached hydrogen (secondary N) is 1. The summed E-state index contributed by atoms with van der Waals surface area (Å²) in [4.78, 5) is 14.8. The number of anilines is 1. The summed E-state index contributed by atoms with van der Waals surface area (Å²) in [6.45, 7) is 1.41. The van der Waals surface area contributed by atoms with E-state index >= 15 is 0 Å². The third kappa shape index (κ3) is 4.55. The summed E-state index contributed by atoms with van der Waals surface area (Å²) in [6, 6.07) is 11.4. The Morgan fingerprint density at radius 3 is 2.48 bits per heavy atom. The number of ether oxygens (including phenoxy) is 1. The average Bonchev–Trinajstić information content (AvgIpc) is 2.68. The zero-order chi connectivity index (χ0) is 19.4. The predicted molar refractivity (Wildman–Crippen MR) is 113 cm³/mol. The van der Waals surface area contributed by atoms with Gasteiger partial charge < -0.3 is 9.64 Å². The van der Waals surface area contributed by atoms with E-state index in [1.165, 1.54) is 19.2 Å². The maximum atomic E-state index is 12.9. The second kappa shape index (κ2) is 8.47. The molecule has 1 amide bonds. The topological polar surface area (TPSA) is 75.7 Å². The SMILES string of the molecule is COc1ccc(S(=O)(=O)Nc2ccccc2C(=O)N2CCCCC2)cc1I. The van der Waals surface area contributed by atoms with Crippen LogP contribution in [0.3, 0.4) is 0 Å². The fourth-order valence-electron chi connectivity index (χ4n) is 3.04. The Labute approximate surface area is 173 Å². The first-order chi connectivity index (χ1) is 12.9. The zero-order valence-electron chi connectivity index (χ0n) is 14.9. The highest BCUT2D eigenvalue weighted by Crippen LogP contribution is 2.27. The Balaban J connectivity index is 1.89. The second-order valence-electron chi connectivity index (χ2n) is 6.30. The van der Waals surface area contributed by atoms with Gasteiger partial charge in [0.25, 0.3) is 15.9 Å². The lowest BCUT2D eigenvalue weighted by molar-refractivity contribution is 0.0725. The number of carbonyl (C=O) groups is 1. The van der Waals surface area contributed by atoms with Crippen LogP contribution in [-0.4, -0.2) is 39.4 Å². The van der Waals surface area contributed by atoms with E-state index in [-0.39, 0.29) is 10.8 Å². The van der Waals surface area contributed by atoms with E-state index in [0.29, 0.717) is 33.7 Å². The van der Waals surface area contributed by atoms with Crippen LogP contribution < -0.4 is 9.46 Å². The van der Waals surface area contributed by atoms with Crippen molar-refractivity contribution in [3.63, 3.8) is 0 Å². The molecular formula is C19H21IN2O4S. The van der Waals surface area contributed by atoms with Crippen molar-refractivity contribution in [2.75, 3.05) is 24.9 Å². The third-order valence-electron chi connectivity index (χ3n) is 4.48. The smallest absolute Gasteiger partial charge is 0.261 e. The first-order valence-electron chi connectivity index (χ1n) is 8.67. The molecule has 1 aliphatic heterocycles. The van der Waals surface area contributed by atoms with Gasteiger partial charge in [-0.05, 0) is 72.2 Å². The molecule has 0 saturated carbocycles. The molecule has 1 saturated heterocycles. The summed E-state index contributed by atoms with van der Waals surface area (Å²) in [6.07, 6.45) is 3.07. The first kappa shape index (κ1) is 19.9. The number of hydrogen-bond acceptors (Lipinski definition) is 4. The zero-order valence-corrected chi connectivity index (χ0v) is 17.9. The van der Waals surface area contributed by atoms with Crippen LogP contribution in [0.5, 0.6) is 5.75 Å². The quantitative estimate of drug-likeness (QED) is 0.636. The predicted octanol–water partition coefficient (Wildman–Crippen LogP) is 3.73. The highest BCUT2D eigenvalue weighted by atomic mass is 127. The molecule has 1 N–H and O–H groups in total. The summed E-state index contributed by atoms with van der Waals surface area (Å²) in [7, 11) is -2.29. The number of rotatable bonds is 5. The van der Waals surface area contributed by atoms with Gasteiger partial charge in [0.05, 0.1) is 26.8 Å². The Bertz CT molecular complexity index is 940. The van der Waals surface area contributed by atoms with Crippen LogP contribution in [0.2, 0.25) is 0 Å². The normalized spacial score (nSPS) is 14.7.